The molecule has 0 aliphatic heterocycles. The summed E-state index contributed by atoms with van der Waals surface area (Å²) < 4.78 is 0. The maximum atomic E-state index is 11.2. The SMILES string of the molecule is CC(=O)c1cccc2cccnc12.CCc1cccc2cccnc12.O=C(O)c1cccc2cccnc12.OCc1cccc2cccnc12. The van der Waals surface area contributed by atoms with Crippen LogP contribution in [0.4, 0.5) is 0 Å². The molecule has 8 nitrogen and oxygen atoms in total. The smallest absolute Gasteiger partial charge is 0.337 e. The number of carbonyl (C=O) groups is 2. The third-order valence-electron chi connectivity index (χ3n) is 7.86. The number of aromatic carboxylic acids is 1. The van der Waals surface area contributed by atoms with Crippen molar-refractivity contribution < 1.29 is 19.8 Å². The number of aliphatic hydroxyl groups is 1. The highest BCUT2D eigenvalue weighted by atomic mass is 16.4. The van der Waals surface area contributed by atoms with Crippen LogP contribution in [0, 0.1) is 0 Å². The van der Waals surface area contributed by atoms with Gasteiger partial charge in [-0.25, -0.2) is 4.79 Å². The summed E-state index contributed by atoms with van der Waals surface area (Å²) in [6.07, 6.45) is 7.93. The van der Waals surface area contributed by atoms with Crippen LogP contribution in [-0.2, 0) is 13.0 Å². The van der Waals surface area contributed by atoms with Crippen molar-refractivity contribution in [3.8, 4) is 0 Å². The van der Waals surface area contributed by atoms with Gasteiger partial charge in [0.25, 0.3) is 0 Å². The molecule has 0 fully saturated rings. The quantitative estimate of drug-likeness (QED) is 0.179. The minimum atomic E-state index is -0.940. The Bertz CT molecular complexity index is 2200. The molecule has 50 heavy (non-hydrogen) atoms. The van der Waals surface area contributed by atoms with Gasteiger partial charge < -0.3 is 10.2 Å². The maximum absolute atomic E-state index is 11.2. The normalized spacial score (nSPS) is 10.3. The second-order valence-electron chi connectivity index (χ2n) is 11.1. The van der Waals surface area contributed by atoms with E-state index in [0.717, 1.165) is 44.7 Å². The molecule has 0 bridgehead atoms. The largest absolute Gasteiger partial charge is 0.478 e. The Morgan fingerprint density at radius 2 is 0.860 bits per heavy atom. The number of carbonyl (C=O) groups excluding carboxylic acids is 1. The van der Waals surface area contributed by atoms with Crippen molar-refractivity contribution in [2.24, 2.45) is 0 Å². The van der Waals surface area contributed by atoms with Gasteiger partial charge in [-0.3, -0.25) is 24.7 Å². The Kier molecular flexibility index (Phi) is 12.0. The number of Topliss-reactive ketones (excluding diaryl/α,β-unsaturated/α-hetero) is 1. The van der Waals surface area contributed by atoms with E-state index in [1.54, 1.807) is 49.8 Å². The summed E-state index contributed by atoms with van der Waals surface area (Å²) in [5.41, 5.74) is 6.51. The molecule has 0 amide bonds. The fourth-order valence-corrected chi connectivity index (χ4v) is 5.41. The van der Waals surface area contributed by atoms with Crippen LogP contribution in [-0.4, -0.2) is 41.9 Å². The molecule has 0 saturated heterocycles. The molecule has 0 unspecified atom stereocenters. The molecule has 8 heteroatoms. The molecule has 4 heterocycles. The summed E-state index contributed by atoms with van der Waals surface area (Å²) in [6, 6.07) is 38.3. The number of carboxylic acid groups (broad SMARTS) is 1. The fraction of sp³-hybridized carbons (Fsp3) is 0.0952. The lowest BCUT2D eigenvalue weighted by atomic mass is 10.1. The predicted molar refractivity (Wildman–Crippen MR) is 199 cm³/mol. The lowest BCUT2D eigenvalue weighted by molar-refractivity contribution is 0.0698. The van der Waals surface area contributed by atoms with Gasteiger partial charge in [0.1, 0.15) is 0 Å². The number of para-hydroxylation sites is 4. The van der Waals surface area contributed by atoms with Crippen LogP contribution in [0.3, 0.4) is 0 Å². The minimum absolute atomic E-state index is 0.0500. The van der Waals surface area contributed by atoms with Gasteiger partial charge in [0.2, 0.25) is 0 Å². The van der Waals surface area contributed by atoms with Gasteiger partial charge in [0.05, 0.1) is 34.2 Å². The van der Waals surface area contributed by atoms with Crippen molar-refractivity contribution in [2.75, 3.05) is 0 Å². The number of fused-ring (bicyclic) bond motifs is 4. The highest BCUT2D eigenvalue weighted by Gasteiger charge is 2.08. The minimum Gasteiger partial charge on any atom is -0.478 e. The molecule has 8 aromatic rings. The molecule has 0 radical (unpaired) electrons. The van der Waals surface area contributed by atoms with Crippen molar-refractivity contribution in [3.05, 3.63) is 168 Å². The molecular formula is C42H36N4O4. The summed E-state index contributed by atoms with van der Waals surface area (Å²) in [4.78, 5) is 38.7. The zero-order chi connectivity index (χ0) is 35.3. The summed E-state index contributed by atoms with van der Waals surface area (Å²) in [6.45, 7) is 3.77. The summed E-state index contributed by atoms with van der Waals surface area (Å²) in [5.74, 6) is -0.881. The van der Waals surface area contributed by atoms with Gasteiger partial charge in [-0.1, -0.05) is 91.9 Å². The van der Waals surface area contributed by atoms with Gasteiger partial charge in [0, 0.05) is 57.5 Å². The molecule has 0 atom stereocenters. The summed E-state index contributed by atoms with van der Waals surface area (Å²) in [5, 5.41) is 22.0. The molecule has 4 aromatic carbocycles. The first kappa shape index (κ1) is 34.9. The van der Waals surface area contributed by atoms with E-state index in [1.165, 1.54) is 10.9 Å². The van der Waals surface area contributed by atoms with Gasteiger partial charge in [-0.2, -0.15) is 0 Å². The van der Waals surface area contributed by atoms with E-state index in [4.69, 9.17) is 10.2 Å². The van der Waals surface area contributed by atoms with Crippen LogP contribution in [0.2, 0.25) is 0 Å². The third-order valence-corrected chi connectivity index (χ3v) is 7.86. The highest BCUT2D eigenvalue weighted by Crippen LogP contribution is 2.18. The first-order chi connectivity index (χ1) is 24.4. The highest BCUT2D eigenvalue weighted by molar-refractivity contribution is 6.05. The molecule has 0 aliphatic carbocycles. The van der Waals surface area contributed by atoms with Crippen molar-refractivity contribution >= 4 is 55.4 Å². The Balaban J connectivity index is 0.000000130. The van der Waals surface area contributed by atoms with Gasteiger partial charge in [-0.05, 0) is 55.3 Å². The number of hydrogen-bond donors (Lipinski definition) is 2. The Hall–Kier alpha value is -6.38. The van der Waals surface area contributed by atoms with Crippen LogP contribution in [0.15, 0.2) is 146 Å². The number of pyridine rings is 4. The van der Waals surface area contributed by atoms with Crippen LogP contribution in [0.25, 0.3) is 43.6 Å². The number of rotatable bonds is 4. The maximum Gasteiger partial charge on any atom is 0.337 e. The summed E-state index contributed by atoms with van der Waals surface area (Å²) in [7, 11) is 0. The number of aromatic nitrogens is 4. The van der Waals surface area contributed by atoms with Crippen LogP contribution < -0.4 is 0 Å². The standard InChI is InChI=1S/C11H9NO.C11H11N.C10H7NO2.C10H9NO/c1-8(13)10-6-2-4-9-5-3-7-12-11(9)10;1-2-9-5-3-6-10-7-4-8-12-11(9)10;12-10(13)8-5-1-3-7-4-2-6-11-9(7)8;12-7-9-4-1-3-8-5-2-6-11-10(8)9/h2-7H,1H3;3-8H,2H2,1H3;1-6H,(H,12,13);1-6,12H,7H2. The van der Waals surface area contributed by atoms with Crippen LogP contribution in [0.1, 0.15) is 45.7 Å². The van der Waals surface area contributed by atoms with Gasteiger partial charge in [0.15, 0.2) is 5.78 Å². The van der Waals surface area contributed by atoms with Crippen LogP contribution >= 0.6 is 0 Å². The van der Waals surface area contributed by atoms with Crippen LogP contribution in [0.5, 0.6) is 0 Å². The fourth-order valence-electron chi connectivity index (χ4n) is 5.41. The second kappa shape index (κ2) is 17.1. The zero-order valence-electron chi connectivity index (χ0n) is 27.8. The lowest BCUT2D eigenvalue weighted by Gasteiger charge is -2.00. The molecule has 248 valence electrons. The first-order valence-corrected chi connectivity index (χ1v) is 16.1. The number of aliphatic hydroxyl groups excluding tert-OH is 1. The molecule has 0 aliphatic rings. The molecule has 0 spiro atoms. The number of nitrogens with zero attached hydrogens (tertiary/aromatic N) is 4. The van der Waals surface area contributed by atoms with Crippen molar-refractivity contribution in [1.82, 2.24) is 19.9 Å². The predicted octanol–water partition coefficient (Wildman–Crippen LogP) is 8.89. The number of aryl methyl sites for hydroxylation is 1. The van der Waals surface area contributed by atoms with Gasteiger partial charge >= 0.3 is 5.97 Å². The monoisotopic (exact) mass is 660 g/mol. The number of hydrogen-bond acceptors (Lipinski definition) is 7. The molecule has 8 rings (SSSR count). The summed E-state index contributed by atoms with van der Waals surface area (Å²) >= 11 is 0. The number of benzene rings is 4. The van der Waals surface area contributed by atoms with Crippen molar-refractivity contribution in [2.45, 2.75) is 26.9 Å². The number of carboxylic acids is 1. The van der Waals surface area contributed by atoms with Crippen molar-refractivity contribution in [1.29, 1.82) is 0 Å². The van der Waals surface area contributed by atoms with Gasteiger partial charge in [-0.15, -0.1) is 0 Å². The Morgan fingerprint density at radius 3 is 1.30 bits per heavy atom. The first-order valence-electron chi connectivity index (χ1n) is 16.1. The van der Waals surface area contributed by atoms with E-state index >= 15 is 0 Å². The van der Waals surface area contributed by atoms with E-state index in [-0.39, 0.29) is 18.0 Å². The molecule has 4 aromatic heterocycles. The van der Waals surface area contributed by atoms with E-state index in [0.29, 0.717) is 11.1 Å². The van der Waals surface area contributed by atoms with E-state index in [9.17, 15) is 9.59 Å². The van der Waals surface area contributed by atoms with E-state index < -0.39 is 5.97 Å². The van der Waals surface area contributed by atoms with Crippen molar-refractivity contribution in [3.63, 3.8) is 0 Å². The number of ketones is 1. The lowest BCUT2D eigenvalue weighted by Crippen LogP contribution is -1.97. The average Bonchev–Trinajstić information content (AvgIpc) is 3.17. The third kappa shape index (κ3) is 8.55. The Morgan fingerprint density at radius 1 is 0.500 bits per heavy atom. The zero-order valence-corrected chi connectivity index (χ0v) is 27.8. The molecular weight excluding hydrogens is 624 g/mol. The molecule has 2 N–H and O–H groups in total. The molecule has 0 saturated carbocycles. The second-order valence-corrected chi connectivity index (χ2v) is 11.1. The topological polar surface area (TPSA) is 126 Å². The average molecular weight is 661 g/mol. The van der Waals surface area contributed by atoms with E-state index in [1.807, 2.05) is 79.0 Å². The van der Waals surface area contributed by atoms with E-state index in [2.05, 4.69) is 51.1 Å². The Labute approximate surface area is 289 Å².